The molecule has 2 bridgehead atoms. The van der Waals surface area contributed by atoms with Crippen LogP contribution in [0.15, 0.2) is 41.6 Å². The molecule has 0 aliphatic carbocycles. The van der Waals surface area contributed by atoms with Gasteiger partial charge in [0, 0.05) is 36.1 Å². The third kappa shape index (κ3) is 5.47. The van der Waals surface area contributed by atoms with Gasteiger partial charge in [0.15, 0.2) is 24.1 Å². The van der Waals surface area contributed by atoms with Crippen LogP contribution in [0.5, 0.6) is 0 Å². The second-order valence-corrected chi connectivity index (χ2v) is 15.7. The summed E-state index contributed by atoms with van der Waals surface area (Å²) < 4.78 is 53.5. The van der Waals surface area contributed by atoms with E-state index in [-0.39, 0.29) is 18.5 Å². The predicted molar refractivity (Wildman–Crippen MR) is 154 cm³/mol. The number of hydrogen-bond acceptors (Lipinski definition) is 13. The maximum atomic E-state index is 16.0. The van der Waals surface area contributed by atoms with Crippen LogP contribution in [0.4, 0.5) is 10.1 Å². The average Bonchev–Trinajstić information content (AvgIpc) is 3.72. The summed E-state index contributed by atoms with van der Waals surface area (Å²) in [6, 6.07) is 4.85. The van der Waals surface area contributed by atoms with Gasteiger partial charge in [0.25, 0.3) is 5.56 Å². The van der Waals surface area contributed by atoms with Crippen LogP contribution in [0, 0.1) is 0 Å². The molecule has 0 aromatic carbocycles. The number of rotatable bonds is 2. The summed E-state index contributed by atoms with van der Waals surface area (Å²) in [5.41, 5.74) is 6.77. The fourth-order valence-electron chi connectivity index (χ4n) is 5.40. The molecule has 9 atom stereocenters. The number of aromatic nitrogens is 6. The number of fused-ring (bicyclic) bond motifs is 5. The lowest BCUT2D eigenvalue weighted by Crippen LogP contribution is -2.34. The zero-order valence-electron chi connectivity index (χ0n) is 21.8. The highest BCUT2D eigenvalue weighted by molar-refractivity contribution is 8.07. The average molecular weight is 676 g/mol. The van der Waals surface area contributed by atoms with Crippen molar-refractivity contribution in [2.24, 2.45) is 0 Å². The summed E-state index contributed by atoms with van der Waals surface area (Å²) in [7, 11) is 0. The van der Waals surface area contributed by atoms with Crippen molar-refractivity contribution in [3.63, 3.8) is 0 Å². The van der Waals surface area contributed by atoms with Crippen LogP contribution in [0.3, 0.4) is 0 Å². The molecule has 3 fully saturated rings. The highest BCUT2D eigenvalue weighted by Crippen LogP contribution is 2.54. The zero-order chi connectivity index (χ0) is 30.1. The molecular weight excluding hydrogens is 651 g/mol. The number of ether oxygens (including phenoxy) is 2. The summed E-state index contributed by atoms with van der Waals surface area (Å²) in [4.78, 5) is 41.0. The van der Waals surface area contributed by atoms with Crippen molar-refractivity contribution >= 4 is 64.8 Å². The molecule has 16 nitrogen and oxygen atoms in total. The molecule has 4 aromatic rings. The lowest BCUT2D eigenvalue weighted by Gasteiger charge is -2.27. The van der Waals surface area contributed by atoms with Crippen LogP contribution in [-0.2, 0) is 51.2 Å². The fraction of sp³-hybridized carbons (Fsp3) is 0.455. The predicted octanol–water partition coefficient (Wildman–Crippen LogP) is 1.53. The van der Waals surface area contributed by atoms with Gasteiger partial charge in [0.05, 0.1) is 24.8 Å². The van der Waals surface area contributed by atoms with Gasteiger partial charge in [-0.25, -0.2) is 14.1 Å². The Bertz CT molecular complexity index is 1860. The van der Waals surface area contributed by atoms with Crippen LogP contribution < -0.4 is 11.3 Å². The van der Waals surface area contributed by atoms with Gasteiger partial charge in [-0.05, 0) is 41.8 Å². The van der Waals surface area contributed by atoms with E-state index in [1.807, 2.05) is 0 Å². The van der Waals surface area contributed by atoms with Gasteiger partial charge in [-0.15, -0.1) is 5.10 Å². The zero-order valence-corrected chi connectivity index (χ0v) is 25.2. The van der Waals surface area contributed by atoms with Gasteiger partial charge >= 0.3 is 13.4 Å². The van der Waals surface area contributed by atoms with Gasteiger partial charge in [-0.2, -0.15) is 0 Å². The van der Waals surface area contributed by atoms with E-state index in [1.165, 1.54) is 21.6 Å². The largest absolute Gasteiger partial charge is 0.398 e. The molecule has 3 saturated heterocycles. The maximum Gasteiger partial charge on any atom is 0.325 e. The van der Waals surface area contributed by atoms with E-state index in [2.05, 4.69) is 20.3 Å². The molecule has 5 N–H and O–H groups in total. The number of alkyl halides is 1. The first kappa shape index (κ1) is 29.5. The Balaban J connectivity index is 1.18. The number of halogens is 1. The van der Waals surface area contributed by atoms with Crippen molar-refractivity contribution in [1.29, 1.82) is 0 Å². The standard InChI is InChI=1S/C22H24FN7O9P2S2/c23-16-18-15(37-22(16)29-6-3-11-12(24)1-4-25-19(11)29)9-35-40(32,42)38-14-7-10(8-34-41(33,43)39-18)36-21(14)30-13-2-5-26-20(31)17(13)27-28-30/h1-6,10,14-16,18,21-22H,7-9H2,(H2,24,25)(H,26,31)(H,32,42)(H,33,43)/t10-,14+,15+,16-,18+,21+,22+,40?,41?/m0/s1. The SMILES string of the molecule is Nc1ccnc2c1ccn2[C@@H]1O[C@@H]2COP(O)(=S)O[C@@H]3C[C@@H](COP(O)(=S)O[C@H]2[C@@H]1F)O[C@H]3n1nnc2c(=O)[nH]ccc21. The maximum absolute atomic E-state index is 16.0. The Kier molecular flexibility index (Phi) is 7.52. The molecule has 7 heterocycles. The quantitative estimate of drug-likeness (QED) is 0.223. The summed E-state index contributed by atoms with van der Waals surface area (Å²) in [5.74, 6) is 0. The molecule has 0 spiro atoms. The second-order valence-electron chi connectivity index (χ2n) is 10.1. The number of nitrogens with zero attached hydrogens (tertiary/aromatic N) is 5. The molecule has 0 radical (unpaired) electrons. The number of H-pyrrole nitrogens is 1. The fourth-order valence-corrected chi connectivity index (χ4v) is 8.30. The molecule has 230 valence electrons. The third-order valence-corrected chi connectivity index (χ3v) is 10.5. The topological polar surface area (TPSA) is 203 Å². The summed E-state index contributed by atoms with van der Waals surface area (Å²) in [6.07, 6.45) is -4.00. The number of nitrogens with two attached hydrogens (primary N) is 1. The van der Waals surface area contributed by atoms with Crippen molar-refractivity contribution in [2.75, 3.05) is 18.9 Å². The number of anilines is 1. The van der Waals surface area contributed by atoms with Crippen molar-refractivity contribution in [3.8, 4) is 0 Å². The van der Waals surface area contributed by atoms with Crippen LogP contribution in [-0.4, -0.2) is 83.1 Å². The lowest BCUT2D eigenvalue weighted by atomic mass is 10.1. The molecule has 7 rings (SSSR count). The van der Waals surface area contributed by atoms with E-state index < -0.39 is 68.6 Å². The van der Waals surface area contributed by atoms with E-state index in [4.69, 9.17) is 56.9 Å². The molecule has 21 heteroatoms. The molecule has 0 saturated carbocycles. The summed E-state index contributed by atoms with van der Waals surface area (Å²) in [5, 5.41) is 8.54. The van der Waals surface area contributed by atoms with Gasteiger partial charge in [0.1, 0.15) is 24.0 Å². The Morgan fingerprint density at radius 2 is 1.86 bits per heavy atom. The van der Waals surface area contributed by atoms with Crippen LogP contribution in [0.25, 0.3) is 22.1 Å². The van der Waals surface area contributed by atoms with E-state index in [9.17, 15) is 14.6 Å². The molecule has 2 unspecified atom stereocenters. The highest BCUT2D eigenvalue weighted by atomic mass is 32.5. The molecule has 3 aliphatic rings. The smallest absolute Gasteiger partial charge is 0.325 e. The molecule has 4 aromatic heterocycles. The first-order valence-corrected chi connectivity index (χ1v) is 18.1. The van der Waals surface area contributed by atoms with Crippen LogP contribution in [0.1, 0.15) is 18.9 Å². The van der Waals surface area contributed by atoms with Crippen LogP contribution in [0.2, 0.25) is 0 Å². The monoisotopic (exact) mass is 675 g/mol. The van der Waals surface area contributed by atoms with Crippen molar-refractivity contribution in [1.82, 2.24) is 29.5 Å². The van der Waals surface area contributed by atoms with Crippen LogP contribution >= 0.6 is 13.4 Å². The number of nitrogen functional groups attached to an aromatic ring is 1. The Labute approximate surface area is 251 Å². The van der Waals surface area contributed by atoms with Gasteiger partial charge in [-0.3, -0.25) is 9.32 Å². The Morgan fingerprint density at radius 3 is 2.70 bits per heavy atom. The summed E-state index contributed by atoms with van der Waals surface area (Å²) >= 11 is 10.5. The van der Waals surface area contributed by atoms with Crippen molar-refractivity contribution in [3.05, 3.63) is 47.1 Å². The highest BCUT2D eigenvalue weighted by Gasteiger charge is 2.51. The number of aromatic amines is 1. The minimum atomic E-state index is -4.08. The number of nitrogens with one attached hydrogen (secondary N) is 1. The summed E-state index contributed by atoms with van der Waals surface area (Å²) in [6.45, 7) is -8.87. The third-order valence-electron chi connectivity index (χ3n) is 7.33. The minimum absolute atomic E-state index is 0.0611. The van der Waals surface area contributed by atoms with Crippen molar-refractivity contribution < 1.29 is 41.7 Å². The Hall–Kier alpha value is -2.25. The van der Waals surface area contributed by atoms with E-state index in [1.54, 1.807) is 24.4 Å². The van der Waals surface area contributed by atoms with E-state index in [0.717, 1.165) is 0 Å². The molecule has 0 amide bonds. The van der Waals surface area contributed by atoms with Gasteiger partial charge in [0.2, 0.25) is 0 Å². The van der Waals surface area contributed by atoms with E-state index in [0.29, 0.717) is 22.2 Å². The Morgan fingerprint density at radius 1 is 1.07 bits per heavy atom. The van der Waals surface area contributed by atoms with Gasteiger partial charge in [-0.1, -0.05) is 5.21 Å². The first-order chi connectivity index (χ1) is 20.5. The molecule has 43 heavy (non-hydrogen) atoms. The molecular formula is C22H24FN7O9P2S2. The number of hydrogen-bond donors (Lipinski definition) is 4. The normalized spacial score (nSPS) is 37.1. The molecule has 3 aliphatic heterocycles. The number of pyridine rings is 2. The lowest BCUT2D eigenvalue weighted by molar-refractivity contribution is -0.0635. The van der Waals surface area contributed by atoms with Crippen molar-refractivity contribution in [2.45, 2.75) is 49.5 Å². The van der Waals surface area contributed by atoms with Gasteiger partial charge < -0.3 is 48.1 Å². The minimum Gasteiger partial charge on any atom is -0.398 e. The van der Waals surface area contributed by atoms with E-state index >= 15 is 4.39 Å². The first-order valence-electron chi connectivity index (χ1n) is 12.9. The second kappa shape index (κ2) is 11.0.